The number of aromatic nitrogens is 2. The normalized spacial score (nSPS) is 12.9. The molecule has 1 unspecified atom stereocenters. The van der Waals surface area contributed by atoms with Crippen molar-refractivity contribution in [3.05, 3.63) is 29.9 Å². The molecule has 0 amide bonds. The van der Waals surface area contributed by atoms with Gasteiger partial charge < -0.3 is 9.88 Å². The van der Waals surface area contributed by atoms with E-state index in [2.05, 4.69) is 45.5 Å². The lowest BCUT2D eigenvalue weighted by atomic mass is 10.2. The Bertz CT molecular complexity index is 419. The van der Waals surface area contributed by atoms with Crippen molar-refractivity contribution in [1.82, 2.24) is 14.9 Å². The lowest BCUT2D eigenvalue weighted by Crippen LogP contribution is -2.22. The summed E-state index contributed by atoms with van der Waals surface area (Å²) in [5, 5.41) is 5.34. The van der Waals surface area contributed by atoms with Gasteiger partial charge in [0.2, 0.25) is 0 Å². The molecule has 4 heteroatoms. The first-order chi connectivity index (χ1) is 7.81. The molecule has 0 aromatic carbocycles. The summed E-state index contributed by atoms with van der Waals surface area (Å²) >= 11 is 1.74. The highest BCUT2D eigenvalue weighted by Gasteiger charge is 2.07. The first kappa shape index (κ1) is 11.4. The number of hydrogen-bond acceptors (Lipinski definition) is 3. The van der Waals surface area contributed by atoms with Crippen LogP contribution in [0.5, 0.6) is 0 Å². The van der Waals surface area contributed by atoms with Gasteiger partial charge in [0.1, 0.15) is 5.82 Å². The molecule has 1 atom stereocenters. The predicted octanol–water partition coefficient (Wildman–Crippen LogP) is 2.61. The standard InChI is InChI=1S/C12H17N3S/c1-10(13-2)5-7-15-8-6-14-12(15)11-4-3-9-16-11/h3-4,6,8-10,13H,5,7H2,1-2H3. The van der Waals surface area contributed by atoms with Gasteiger partial charge in [0.25, 0.3) is 0 Å². The van der Waals surface area contributed by atoms with Crippen LogP contribution in [0.15, 0.2) is 29.9 Å². The molecule has 2 aromatic heterocycles. The fourth-order valence-corrected chi connectivity index (χ4v) is 2.33. The van der Waals surface area contributed by atoms with Crippen LogP contribution in [0.2, 0.25) is 0 Å². The third kappa shape index (κ3) is 2.51. The maximum Gasteiger partial charge on any atom is 0.149 e. The van der Waals surface area contributed by atoms with Crippen LogP contribution in [0.4, 0.5) is 0 Å². The average Bonchev–Trinajstić information content (AvgIpc) is 2.95. The number of nitrogens with zero attached hydrogens (tertiary/aromatic N) is 2. The summed E-state index contributed by atoms with van der Waals surface area (Å²) in [6.45, 7) is 3.21. The van der Waals surface area contributed by atoms with Crippen molar-refractivity contribution < 1.29 is 0 Å². The van der Waals surface area contributed by atoms with E-state index in [1.54, 1.807) is 11.3 Å². The van der Waals surface area contributed by atoms with Crippen molar-refractivity contribution in [2.45, 2.75) is 25.9 Å². The molecule has 0 spiro atoms. The molecule has 0 saturated carbocycles. The van der Waals surface area contributed by atoms with Gasteiger partial charge in [0, 0.05) is 25.0 Å². The Kier molecular flexibility index (Phi) is 3.74. The Morgan fingerprint density at radius 2 is 2.44 bits per heavy atom. The van der Waals surface area contributed by atoms with E-state index in [-0.39, 0.29) is 0 Å². The first-order valence-corrected chi connectivity index (χ1v) is 6.41. The highest BCUT2D eigenvalue weighted by molar-refractivity contribution is 7.13. The minimum atomic E-state index is 0.540. The zero-order valence-corrected chi connectivity index (χ0v) is 10.5. The summed E-state index contributed by atoms with van der Waals surface area (Å²) in [5.74, 6) is 1.08. The quantitative estimate of drug-likeness (QED) is 0.863. The van der Waals surface area contributed by atoms with Crippen LogP contribution >= 0.6 is 11.3 Å². The van der Waals surface area contributed by atoms with Crippen LogP contribution < -0.4 is 5.32 Å². The number of hydrogen-bond donors (Lipinski definition) is 1. The lowest BCUT2D eigenvalue weighted by molar-refractivity contribution is 0.512. The van der Waals surface area contributed by atoms with Gasteiger partial charge in [-0.25, -0.2) is 4.98 Å². The molecule has 2 rings (SSSR count). The number of imidazole rings is 1. The molecule has 86 valence electrons. The number of nitrogens with one attached hydrogen (secondary N) is 1. The highest BCUT2D eigenvalue weighted by atomic mass is 32.1. The maximum atomic E-state index is 4.42. The minimum absolute atomic E-state index is 0.540. The molecule has 3 nitrogen and oxygen atoms in total. The van der Waals surface area contributed by atoms with Crippen molar-refractivity contribution >= 4 is 11.3 Å². The highest BCUT2D eigenvalue weighted by Crippen LogP contribution is 2.22. The van der Waals surface area contributed by atoms with Crippen molar-refractivity contribution in [1.29, 1.82) is 0 Å². The summed E-state index contributed by atoms with van der Waals surface area (Å²) < 4.78 is 2.22. The van der Waals surface area contributed by atoms with Gasteiger partial charge in [-0.15, -0.1) is 11.3 Å². The van der Waals surface area contributed by atoms with E-state index < -0.39 is 0 Å². The molecule has 0 bridgehead atoms. The Labute approximate surface area is 100 Å². The van der Waals surface area contributed by atoms with Gasteiger partial charge in [-0.2, -0.15) is 0 Å². The van der Waals surface area contributed by atoms with Crippen molar-refractivity contribution in [2.75, 3.05) is 7.05 Å². The van der Waals surface area contributed by atoms with Crippen LogP contribution in [-0.2, 0) is 6.54 Å². The van der Waals surface area contributed by atoms with Crippen LogP contribution in [-0.4, -0.2) is 22.6 Å². The molecule has 2 aromatic rings. The summed E-state index contributed by atoms with van der Waals surface area (Å²) in [4.78, 5) is 5.65. The molecule has 16 heavy (non-hydrogen) atoms. The maximum absolute atomic E-state index is 4.42. The Morgan fingerprint density at radius 3 is 3.12 bits per heavy atom. The van der Waals surface area contributed by atoms with Crippen LogP contribution in [0, 0.1) is 0 Å². The van der Waals surface area contributed by atoms with E-state index >= 15 is 0 Å². The summed E-state index contributed by atoms with van der Waals surface area (Å²) in [6.07, 6.45) is 5.04. The third-order valence-corrected chi connectivity index (χ3v) is 3.62. The second kappa shape index (κ2) is 5.27. The Morgan fingerprint density at radius 1 is 1.56 bits per heavy atom. The third-order valence-electron chi connectivity index (χ3n) is 2.75. The van der Waals surface area contributed by atoms with Crippen LogP contribution in [0.25, 0.3) is 10.7 Å². The summed E-state index contributed by atoms with van der Waals surface area (Å²) in [6, 6.07) is 4.72. The second-order valence-corrected chi connectivity index (χ2v) is 4.85. The second-order valence-electron chi connectivity index (χ2n) is 3.90. The molecule has 0 fully saturated rings. The van der Waals surface area contributed by atoms with E-state index in [4.69, 9.17) is 0 Å². The SMILES string of the molecule is CNC(C)CCn1ccnc1-c1cccs1. The van der Waals surface area contributed by atoms with E-state index in [1.807, 2.05) is 13.2 Å². The van der Waals surface area contributed by atoms with Gasteiger partial charge in [-0.1, -0.05) is 6.07 Å². The zero-order chi connectivity index (χ0) is 11.4. The molecule has 0 saturated heterocycles. The van der Waals surface area contributed by atoms with E-state index in [9.17, 15) is 0 Å². The topological polar surface area (TPSA) is 29.9 Å². The van der Waals surface area contributed by atoms with Gasteiger partial charge in [-0.05, 0) is 31.8 Å². The molecule has 0 radical (unpaired) electrons. The number of rotatable bonds is 5. The van der Waals surface area contributed by atoms with Crippen LogP contribution in [0.3, 0.4) is 0 Å². The molecule has 2 heterocycles. The molecule has 1 N–H and O–H groups in total. The van der Waals surface area contributed by atoms with Crippen LogP contribution in [0.1, 0.15) is 13.3 Å². The van der Waals surface area contributed by atoms with Crippen molar-refractivity contribution in [3.63, 3.8) is 0 Å². The molecular weight excluding hydrogens is 218 g/mol. The molecular formula is C12H17N3S. The minimum Gasteiger partial charge on any atom is -0.330 e. The van der Waals surface area contributed by atoms with E-state index in [0.29, 0.717) is 6.04 Å². The fraction of sp³-hybridized carbons (Fsp3) is 0.417. The largest absolute Gasteiger partial charge is 0.330 e. The fourth-order valence-electron chi connectivity index (χ4n) is 1.60. The molecule has 0 aliphatic carbocycles. The summed E-state index contributed by atoms with van der Waals surface area (Å²) in [5.41, 5.74) is 0. The van der Waals surface area contributed by atoms with Gasteiger partial charge >= 0.3 is 0 Å². The molecule has 0 aliphatic heterocycles. The van der Waals surface area contributed by atoms with Gasteiger partial charge in [-0.3, -0.25) is 0 Å². The average molecular weight is 235 g/mol. The molecule has 0 aliphatic rings. The van der Waals surface area contributed by atoms with Crippen molar-refractivity contribution in [2.24, 2.45) is 0 Å². The first-order valence-electron chi connectivity index (χ1n) is 5.53. The summed E-state index contributed by atoms with van der Waals surface area (Å²) in [7, 11) is 2.00. The van der Waals surface area contributed by atoms with E-state index in [0.717, 1.165) is 18.8 Å². The van der Waals surface area contributed by atoms with E-state index in [1.165, 1.54) is 4.88 Å². The number of thiophene rings is 1. The van der Waals surface area contributed by atoms with Gasteiger partial charge in [0.15, 0.2) is 0 Å². The monoisotopic (exact) mass is 235 g/mol. The Balaban J connectivity index is 2.08. The number of aryl methyl sites for hydroxylation is 1. The Hall–Kier alpha value is -1.13. The van der Waals surface area contributed by atoms with Crippen molar-refractivity contribution in [3.8, 4) is 10.7 Å². The predicted molar refractivity (Wildman–Crippen MR) is 68.7 cm³/mol. The smallest absolute Gasteiger partial charge is 0.149 e. The lowest BCUT2D eigenvalue weighted by Gasteiger charge is -2.11. The van der Waals surface area contributed by atoms with Gasteiger partial charge in [0.05, 0.1) is 4.88 Å². The zero-order valence-electron chi connectivity index (χ0n) is 9.68.